The Hall–Kier alpha value is -6.39. The number of aliphatic hydroxyl groups is 5. The third kappa shape index (κ3) is 14.3. The summed E-state index contributed by atoms with van der Waals surface area (Å²) in [5, 5.41) is 70.2. The Balaban J connectivity index is 1.24. The Morgan fingerprint density at radius 1 is 0.711 bits per heavy atom. The Kier molecular flexibility index (Phi) is 20.8. The predicted octanol–water partition coefficient (Wildman–Crippen LogP) is 2.76. The van der Waals surface area contributed by atoms with Crippen LogP contribution < -0.4 is 16.8 Å². The highest BCUT2D eigenvalue weighted by molar-refractivity contribution is 5.68. The Bertz CT molecular complexity index is 2480. The van der Waals surface area contributed by atoms with E-state index in [-0.39, 0.29) is 32.5 Å². The molecule has 1 aliphatic carbocycles. The molecule has 76 heavy (non-hydrogen) atoms. The second-order valence-electron chi connectivity index (χ2n) is 18.6. The molecule has 20 atom stereocenters. The fraction of sp³-hybridized carbons (Fsp3) is 0.583. The molecule has 0 bridgehead atoms. The molecule has 3 heterocycles. The van der Waals surface area contributed by atoms with Crippen molar-refractivity contribution in [2.24, 2.45) is 32.7 Å². The molecule has 1 unspecified atom stereocenters. The molecule has 3 saturated heterocycles. The third-order valence-electron chi connectivity index (χ3n) is 13.7. The highest BCUT2D eigenvalue weighted by atomic mass is 16.8. The quantitative estimate of drug-likeness (QED) is 0.0407. The van der Waals surface area contributed by atoms with Gasteiger partial charge in [-0.1, -0.05) is 113 Å². The number of alkyl carbamates (subject to hydrolysis) is 1. The van der Waals surface area contributed by atoms with Crippen LogP contribution in [-0.2, 0) is 62.3 Å². The number of ether oxygens (including phenoxy) is 9. The van der Waals surface area contributed by atoms with E-state index in [0.717, 1.165) is 5.56 Å². The van der Waals surface area contributed by atoms with E-state index >= 15 is 0 Å². The van der Waals surface area contributed by atoms with Gasteiger partial charge in [0.15, 0.2) is 18.9 Å². The van der Waals surface area contributed by atoms with Crippen molar-refractivity contribution in [1.29, 1.82) is 0 Å². The maximum atomic E-state index is 14.0. The highest BCUT2D eigenvalue weighted by Crippen LogP contribution is 2.38. The minimum Gasteiger partial charge on any atom is -0.446 e. The second-order valence-corrected chi connectivity index (χ2v) is 18.6. The average molecular weight is 1060 g/mol. The maximum absolute atomic E-state index is 14.0. The predicted molar refractivity (Wildman–Crippen MR) is 261 cm³/mol. The fourth-order valence-corrected chi connectivity index (χ4v) is 9.74. The number of nitrogens with zero attached hydrogens (tertiary/aromatic N) is 9. The van der Waals surface area contributed by atoms with E-state index in [1.165, 1.54) is 0 Å². The van der Waals surface area contributed by atoms with Crippen LogP contribution in [0.25, 0.3) is 31.3 Å². The summed E-state index contributed by atoms with van der Waals surface area (Å²) in [5.74, 6) is -0.577. The molecule has 3 aliphatic heterocycles. The number of rotatable bonds is 22. The van der Waals surface area contributed by atoms with Gasteiger partial charge in [-0.25, -0.2) is 9.59 Å². The maximum Gasteiger partial charge on any atom is 0.407 e. The standard InChI is InChI=1S/C48H62N12O16/c1-24(30(73-47(50)66)19-25-11-5-2-6-12-25)29-18-17-28(56-59-52)44(70-29)75-42-35(55-48(67)69-23-27-15-9-4-10-16-27)41(68-22-26-13-7-3-8-14-26)33(49)37(63)43(42)76-46-39(65)40(32(21-61)72-46)74-45-34(57-60-53)38(64)36(62)31(71-45)20-54-58-51/h2-16,24,28-46,61-65H,17-23,49H2,1H3,(H2,50,66)(H,55,67)/t24-,28-,29-,30?,31-,32+,33-,34+,35-,36+,37-,38+,39+,40+,41+,42+,43+,44+,45+,46-/m0/s1. The molecule has 4 aliphatic rings. The summed E-state index contributed by atoms with van der Waals surface area (Å²) in [7, 11) is 0. The van der Waals surface area contributed by atoms with Gasteiger partial charge >= 0.3 is 12.2 Å². The molecule has 0 aromatic heterocycles. The number of carbonyl (C=O) groups is 2. The number of amides is 2. The monoisotopic (exact) mass is 1060 g/mol. The van der Waals surface area contributed by atoms with Gasteiger partial charge in [-0.2, -0.15) is 0 Å². The topological polar surface area (TPSA) is 429 Å². The molecular weight excluding hydrogens is 1000 g/mol. The van der Waals surface area contributed by atoms with Gasteiger partial charge in [0.05, 0.1) is 62.3 Å². The summed E-state index contributed by atoms with van der Waals surface area (Å²) in [6.07, 6.45) is -24.5. The van der Waals surface area contributed by atoms with Crippen LogP contribution in [0.1, 0.15) is 36.5 Å². The van der Waals surface area contributed by atoms with Crippen molar-refractivity contribution in [3.8, 4) is 0 Å². The van der Waals surface area contributed by atoms with Crippen molar-refractivity contribution in [3.05, 3.63) is 139 Å². The van der Waals surface area contributed by atoms with Crippen molar-refractivity contribution < 1.29 is 77.8 Å². The number of hydrogen-bond acceptors (Lipinski definition) is 20. The zero-order valence-electron chi connectivity index (χ0n) is 41.1. The first-order valence-corrected chi connectivity index (χ1v) is 24.5. The van der Waals surface area contributed by atoms with Gasteiger partial charge in [-0.3, -0.25) is 0 Å². The van der Waals surface area contributed by atoms with Crippen LogP contribution in [0.5, 0.6) is 0 Å². The molecule has 2 amide bonds. The summed E-state index contributed by atoms with van der Waals surface area (Å²) in [6.45, 7) is 0.163. The van der Waals surface area contributed by atoms with E-state index in [2.05, 4.69) is 35.4 Å². The minimum atomic E-state index is -1.91. The summed E-state index contributed by atoms with van der Waals surface area (Å²) in [6, 6.07) is 21.3. The molecule has 3 aromatic carbocycles. The van der Waals surface area contributed by atoms with Crippen molar-refractivity contribution in [2.45, 2.75) is 156 Å². The van der Waals surface area contributed by atoms with E-state index in [0.29, 0.717) is 11.1 Å². The van der Waals surface area contributed by atoms with Gasteiger partial charge in [0, 0.05) is 27.1 Å². The summed E-state index contributed by atoms with van der Waals surface area (Å²) in [4.78, 5) is 34.7. The third-order valence-corrected chi connectivity index (χ3v) is 13.7. The van der Waals surface area contributed by atoms with Gasteiger partial charge in [-0.15, -0.1) is 0 Å². The Morgan fingerprint density at radius 3 is 1.93 bits per heavy atom. The van der Waals surface area contributed by atoms with Crippen molar-refractivity contribution in [2.75, 3.05) is 13.2 Å². The molecule has 0 spiro atoms. The number of aliphatic hydroxyl groups excluding tert-OH is 5. The average Bonchev–Trinajstić information content (AvgIpc) is 3.72. The number of carbonyl (C=O) groups excluding carboxylic acids is 2. The molecule has 0 radical (unpaired) electrons. The van der Waals surface area contributed by atoms with Crippen molar-refractivity contribution in [1.82, 2.24) is 5.32 Å². The number of primary amides is 1. The number of nitrogens with two attached hydrogens (primary N) is 2. The van der Waals surface area contributed by atoms with Crippen LogP contribution in [0.3, 0.4) is 0 Å². The van der Waals surface area contributed by atoms with Crippen LogP contribution in [0.15, 0.2) is 106 Å². The van der Waals surface area contributed by atoms with E-state index < -0.39 is 148 Å². The molecule has 4 fully saturated rings. The molecule has 1 saturated carbocycles. The van der Waals surface area contributed by atoms with E-state index in [1.807, 2.05) is 30.3 Å². The largest absolute Gasteiger partial charge is 0.446 e. The summed E-state index contributed by atoms with van der Waals surface area (Å²) in [5.41, 5.74) is 42.7. The zero-order chi connectivity index (χ0) is 54.3. The lowest BCUT2D eigenvalue weighted by Gasteiger charge is -2.50. The van der Waals surface area contributed by atoms with Gasteiger partial charge in [0.2, 0.25) is 0 Å². The van der Waals surface area contributed by atoms with Gasteiger partial charge in [0.1, 0.15) is 61.5 Å². The molecule has 28 nitrogen and oxygen atoms in total. The zero-order valence-corrected chi connectivity index (χ0v) is 41.1. The molecule has 28 heteroatoms. The lowest BCUT2D eigenvalue weighted by atomic mass is 9.81. The molecule has 410 valence electrons. The molecule has 10 N–H and O–H groups in total. The van der Waals surface area contributed by atoms with E-state index in [1.54, 1.807) is 67.6 Å². The Morgan fingerprint density at radius 2 is 1.32 bits per heavy atom. The first-order chi connectivity index (χ1) is 36.7. The molecular formula is C48H62N12O16. The molecule has 7 rings (SSSR count). The first kappa shape index (κ1) is 57.3. The van der Waals surface area contributed by atoms with Crippen LogP contribution in [0, 0.1) is 5.92 Å². The Labute approximate surface area is 434 Å². The van der Waals surface area contributed by atoms with Crippen LogP contribution >= 0.6 is 0 Å². The van der Waals surface area contributed by atoms with E-state index in [9.17, 15) is 46.2 Å². The van der Waals surface area contributed by atoms with Gasteiger partial charge in [0.25, 0.3) is 0 Å². The smallest absolute Gasteiger partial charge is 0.407 e. The van der Waals surface area contributed by atoms with Gasteiger partial charge < -0.3 is 84.9 Å². The number of azide groups is 3. The second kappa shape index (κ2) is 27.6. The van der Waals surface area contributed by atoms with Crippen molar-refractivity contribution >= 4 is 12.2 Å². The van der Waals surface area contributed by atoms with Crippen molar-refractivity contribution in [3.63, 3.8) is 0 Å². The van der Waals surface area contributed by atoms with Crippen LogP contribution in [-0.4, -0.2) is 167 Å². The number of nitrogens with one attached hydrogen (secondary N) is 1. The minimum absolute atomic E-state index is 0.0951. The lowest BCUT2D eigenvalue weighted by molar-refractivity contribution is -0.303. The van der Waals surface area contributed by atoms with Crippen LogP contribution in [0.2, 0.25) is 0 Å². The molecule has 3 aromatic rings. The fourth-order valence-electron chi connectivity index (χ4n) is 9.74. The SMILES string of the molecule is C[C@H](C(Cc1ccccc1)OC(N)=O)[C@@H]1CC[C@H](N=[N+]=[N-])[C@@H](O[C@@H]2[C@@H](NC(=O)OCc3ccccc3)[C@H](OCc3ccccc3)[C@@H](N)[C@H](O)[C@H]2O[C@@H]2O[C@H](CO)[C@@H](O[C@H]3O[C@@H](CN=[N+]=[N-])[C@@H](O)[C@H](O)[C@H]3N=[N+]=[N-])[C@H]2O)O1. The van der Waals surface area contributed by atoms with E-state index in [4.69, 9.17) is 59.6 Å². The highest BCUT2D eigenvalue weighted by Gasteiger charge is 2.57. The number of hydrogen-bond donors (Lipinski definition) is 8. The van der Waals surface area contributed by atoms with Crippen LogP contribution in [0.4, 0.5) is 9.59 Å². The normalized spacial score (nSPS) is 34.0. The number of benzene rings is 3. The summed E-state index contributed by atoms with van der Waals surface area (Å²) >= 11 is 0. The first-order valence-electron chi connectivity index (χ1n) is 24.5. The van der Waals surface area contributed by atoms with Gasteiger partial charge in [-0.05, 0) is 46.1 Å². The summed E-state index contributed by atoms with van der Waals surface area (Å²) < 4.78 is 55.4. The lowest BCUT2D eigenvalue weighted by Crippen LogP contribution is -2.73.